The molecule has 11 heavy (non-hydrogen) atoms. The molecule has 1 unspecified atom stereocenters. The zero-order valence-electron chi connectivity index (χ0n) is 7.09. The number of hydrogen-bond acceptors (Lipinski definition) is 1. The van der Waals surface area contributed by atoms with Crippen LogP contribution < -0.4 is 0 Å². The maximum absolute atomic E-state index is 4.23. The number of thiol groups is 1. The lowest BCUT2D eigenvalue weighted by Crippen LogP contribution is -1.92. The monoisotopic (exact) mass is 168 g/mol. The highest BCUT2D eigenvalue weighted by atomic mass is 32.1. The van der Waals surface area contributed by atoms with Gasteiger partial charge in [0.2, 0.25) is 0 Å². The fraction of sp³-hybridized carbons (Fsp3) is 0.600. The molecule has 0 aromatic heterocycles. The summed E-state index contributed by atoms with van der Waals surface area (Å²) >= 11 is 4.23. The predicted octanol–water partition coefficient (Wildman–Crippen LogP) is 3.22. The summed E-state index contributed by atoms with van der Waals surface area (Å²) in [7, 11) is 0. The lowest BCUT2D eigenvalue weighted by Gasteiger charge is -2.06. The number of rotatable bonds is 2. The van der Waals surface area contributed by atoms with Crippen LogP contribution in [0.3, 0.4) is 0 Å². The summed E-state index contributed by atoms with van der Waals surface area (Å²) < 4.78 is 0. The zero-order chi connectivity index (χ0) is 8.10. The van der Waals surface area contributed by atoms with Gasteiger partial charge in [0.1, 0.15) is 0 Å². The van der Waals surface area contributed by atoms with Gasteiger partial charge in [-0.05, 0) is 30.9 Å². The molecule has 0 nitrogen and oxygen atoms in total. The maximum atomic E-state index is 4.23. The van der Waals surface area contributed by atoms with E-state index in [4.69, 9.17) is 0 Å². The molecular formula is C10H16S. The first-order chi connectivity index (χ1) is 5.33. The van der Waals surface area contributed by atoms with E-state index in [2.05, 4.69) is 37.8 Å². The first kappa shape index (κ1) is 8.92. The highest BCUT2D eigenvalue weighted by molar-refractivity contribution is 7.80. The Kier molecular flexibility index (Phi) is 3.78. The lowest BCUT2D eigenvalue weighted by molar-refractivity contribution is 0.704. The third-order valence-electron chi connectivity index (χ3n) is 2.02. The van der Waals surface area contributed by atoms with Gasteiger partial charge in [-0.25, -0.2) is 0 Å². The quantitative estimate of drug-likeness (QED) is 0.475. The van der Waals surface area contributed by atoms with Gasteiger partial charge >= 0.3 is 0 Å². The number of allylic oxidation sites excluding steroid dienone is 4. The fourth-order valence-electron chi connectivity index (χ4n) is 1.46. The van der Waals surface area contributed by atoms with E-state index in [0.717, 1.165) is 24.5 Å². The average molecular weight is 168 g/mol. The van der Waals surface area contributed by atoms with E-state index in [1.54, 1.807) is 5.57 Å². The Balaban J connectivity index is 2.47. The Labute approximate surface area is 74.8 Å². The molecule has 0 radical (unpaired) electrons. The van der Waals surface area contributed by atoms with Gasteiger partial charge in [0, 0.05) is 0 Å². The van der Waals surface area contributed by atoms with E-state index in [-0.39, 0.29) is 0 Å². The second-order valence-corrected chi connectivity index (χ2v) is 3.63. The summed E-state index contributed by atoms with van der Waals surface area (Å²) in [5.74, 6) is 1.71. The minimum Gasteiger partial charge on any atom is -0.179 e. The molecule has 0 N–H and O–H groups in total. The minimum atomic E-state index is 0.726. The topological polar surface area (TPSA) is 0 Å². The summed E-state index contributed by atoms with van der Waals surface area (Å²) in [5.41, 5.74) is 1.58. The summed E-state index contributed by atoms with van der Waals surface area (Å²) in [6.45, 7) is 2.27. The van der Waals surface area contributed by atoms with E-state index in [1.165, 1.54) is 6.42 Å². The average Bonchev–Trinajstić information content (AvgIpc) is 2.15. The van der Waals surface area contributed by atoms with Crippen molar-refractivity contribution in [3.8, 4) is 0 Å². The molecule has 0 saturated carbocycles. The predicted molar refractivity (Wildman–Crippen MR) is 54.1 cm³/mol. The van der Waals surface area contributed by atoms with Crippen molar-refractivity contribution in [3.05, 3.63) is 23.8 Å². The van der Waals surface area contributed by atoms with Crippen LogP contribution in [0.15, 0.2) is 23.8 Å². The van der Waals surface area contributed by atoms with Crippen LogP contribution in [0.5, 0.6) is 0 Å². The molecule has 0 fully saturated rings. The van der Waals surface area contributed by atoms with E-state index in [9.17, 15) is 0 Å². The van der Waals surface area contributed by atoms with Crippen molar-refractivity contribution in [2.24, 2.45) is 5.92 Å². The van der Waals surface area contributed by atoms with Gasteiger partial charge < -0.3 is 0 Å². The van der Waals surface area contributed by atoms with Crippen LogP contribution in [0.1, 0.15) is 26.2 Å². The Hall–Kier alpha value is -0.170. The molecule has 1 aliphatic rings. The summed E-state index contributed by atoms with van der Waals surface area (Å²) in [5, 5.41) is 0. The molecule has 1 heteroatoms. The largest absolute Gasteiger partial charge is 0.179 e. The Morgan fingerprint density at radius 1 is 1.64 bits per heavy atom. The van der Waals surface area contributed by atoms with Crippen molar-refractivity contribution in [1.29, 1.82) is 0 Å². The molecule has 0 aromatic carbocycles. The molecule has 0 amide bonds. The van der Waals surface area contributed by atoms with Crippen molar-refractivity contribution in [2.75, 3.05) is 5.75 Å². The molecule has 0 bridgehead atoms. The summed E-state index contributed by atoms with van der Waals surface area (Å²) in [4.78, 5) is 0. The van der Waals surface area contributed by atoms with E-state index >= 15 is 0 Å². The molecule has 0 heterocycles. The van der Waals surface area contributed by atoms with E-state index in [0.29, 0.717) is 0 Å². The highest BCUT2D eigenvalue weighted by Gasteiger charge is 2.04. The van der Waals surface area contributed by atoms with E-state index in [1.807, 2.05) is 0 Å². The van der Waals surface area contributed by atoms with Gasteiger partial charge in [-0.15, -0.1) is 0 Å². The second-order valence-electron chi connectivity index (χ2n) is 3.18. The highest BCUT2D eigenvalue weighted by Crippen LogP contribution is 2.20. The Bertz CT molecular complexity index is 168. The van der Waals surface area contributed by atoms with Crippen molar-refractivity contribution in [1.82, 2.24) is 0 Å². The van der Waals surface area contributed by atoms with E-state index < -0.39 is 0 Å². The molecule has 0 saturated heterocycles. The molecule has 1 atom stereocenters. The third-order valence-corrected chi connectivity index (χ3v) is 2.25. The molecule has 0 aromatic rings. The number of hydrogen-bond donors (Lipinski definition) is 1. The molecule has 1 rings (SSSR count). The smallest absolute Gasteiger partial charge is 0.00606 e. The van der Waals surface area contributed by atoms with Gasteiger partial charge in [-0.1, -0.05) is 30.7 Å². The van der Waals surface area contributed by atoms with Crippen LogP contribution in [-0.4, -0.2) is 5.75 Å². The maximum Gasteiger partial charge on any atom is -0.00606 e. The SMILES string of the molecule is CC1C=CCC=C(CCS)C1. The van der Waals surface area contributed by atoms with Crippen LogP contribution in [0, 0.1) is 5.92 Å². The lowest BCUT2D eigenvalue weighted by atomic mass is 10.0. The van der Waals surface area contributed by atoms with Gasteiger partial charge in [-0.3, -0.25) is 0 Å². The van der Waals surface area contributed by atoms with Gasteiger partial charge in [-0.2, -0.15) is 12.6 Å². The van der Waals surface area contributed by atoms with Gasteiger partial charge in [0.15, 0.2) is 0 Å². The van der Waals surface area contributed by atoms with Crippen LogP contribution in [0.25, 0.3) is 0 Å². The van der Waals surface area contributed by atoms with Crippen LogP contribution in [-0.2, 0) is 0 Å². The molecule has 1 aliphatic carbocycles. The summed E-state index contributed by atoms with van der Waals surface area (Å²) in [6, 6.07) is 0. The first-order valence-corrected chi connectivity index (χ1v) is 4.91. The fourth-order valence-corrected chi connectivity index (χ4v) is 1.75. The standard InChI is InChI=1S/C10H16S/c1-9-4-2-3-5-10(8-9)6-7-11/h2,4-5,9,11H,3,6-8H2,1H3. The van der Waals surface area contributed by atoms with Crippen molar-refractivity contribution < 1.29 is 0 Å². The van der Waals surface area contributed by atoms with Crippen molar-refractivity contribution in [3.63, 3.8) is 0 Å². The second kappa shape index (κ2) is 4.66. The molecule has 0 spiro atoms. The van der Waals surface area contributed by atoms with Crippen LogP contribution in [0.4, 0.5) is 0 Å². The Morgan fingerprint density at radius 2 is 2.45 bits per heavy atom. The van der Waals surface area contributed by atoms with Crippen molar-refractivity contribution in [2.45, 2.75) is 26.2 Å². The molecule has 62 valence electrons. The Morgan fingerprint density at radius 3 is 3.18 bits per heavy atom. The normalized spacial score (nSPS) is 24.5. The van der Waals surface area contributed by atoms with Crippen LogP contribution in [0.2, 0.25) is 0 Å². The molecular weight excluding hydrogens is 152 g/mol. The first-order valence-electron chi connectivity index (χ1n) is 4.28. The third kappa shape index (κ3) is 3.15. The zero-order valence-corrected chi connectivity index (χ0v) is 7.98. The molecule has 0 aliphatic heterocycles. The minimum absolute atomic E-state index is 0.726. The summed E-state index contributed by atoms with van der Waals surface area (Å²) in [6.07, 6.45) is 10.4. The van der Waals surface area contributed by atoms with Gasteiger partial charge in [0.05, 0.1) is 0 Å². The van der Waals surface area contributed by atoms with Crippen molar-refractivity contribution >= 4 is 12.6 Å². The van der Waals surface area contributed by atoms with Gasteiger partial charge in [0.25, 0.3) is 0 Å². The van der Waals surface area contributed by atoms with Crippen LogP contribution >= 0.6 is 12.6 Å².